The molecule has 0 radical (unpaired) electrons. The van der Waals surface area contributed by atoms with Gasteiger partial charge in [0, 0.05) is 6.54 Å². The van der Waals surface area contributed by atoms with E-state index in [0.717, 1.165) is 12.2 Å². The van der Waals surface area contributed by atoms with Crippen LogP contribution < -0.4 is 5.32 Å². The number of rotatable bonds is 8. The van der Waals surface area contributed by atoms with E-state index in [1.165, 1.54) is 17.3 Å². The zero-order chi connectivity index (χ0) is 17.5. The van der Waals surface area contributed by atoms with Crippen molar-refractivity contribution in [2.75, 3.05) is 6.54 Å². The van der Waals surface area contributed by atoms with Crippen molar-refractivity contribution in [3.63, 3.8) is 0 Å². The lowest BCUT2D eigenvalue weighted by atomic mass is 10.1. The normalized spacial score (nSPS) is 12.0. The predicted molar refractivity (Wildman–Crippen MR) is 96.3 cm³/mol. The first-order valence-corrected chi connectivity index (χ1v) is 8.99. The van der Waals surface area contributed by atoms with Crippen LogP contribution in [-0.2, 0) is 17.8 Å². The lowest BCUT2D eigenvalue weighted by molar-refractivity contribution is -0.120. The average molecular weight is 356 g/mol. The highest BCUT2D eigenvalue weighted by atomic mass is 32.2. The second-order valence-corrected chi connectivity index (χ2v) is 6.92. The molecule has 1 amide bonds. The van der Waals surface area contributed by atoms with Crippen LogP contribution in [-0.4, -0.2) is 32.5 Å². The Kier molecular flexibility index (Phi) is 5.90. The molecule has 7 heteroatoms. The number of carbonyl (C=O) groups excluding carboxylic acids is 1. The maximum absolute atomic E-state index is 12.3. The molecular weight excluding hydrogens is 336 g/mol. The van der Waals surface area contributed by atoms with E-state index in [1.54, 1.807) is 12.6 Å². The summed E-state index contributed by atoms with van der Waals surface area (Å²) in [5.74, 6) is 0.815. The number of aromatic nitrogens is 3. The van der Waals surface area contributed by atoms with E-state index in [9.17, 15) is 4.79 Å². The van der Waals surface area contributed by atoms with Crippen LogP contribution in [0.4, 0.5) is 0 Å². The van der Waals surface area contributed by atoms with Gasteiger partial charge in [-0.2, -0.15) is 0 Å². The molecule has 3 rings (SSSR count). The molecule has 0 aliphatic rings. The lowest BCUT2D eigenvalue weighted by Crippen LogP contribution is -2.32. The Hall–Kier alpha value is -2.54. The molecule has 2 heterocycles. The molecule has 3 aromatic rings. The summed E-state index contributed by atoms with van der Waals surface area (Å²) in [6, 6.07) is 13.8. The number of amides is 1. The second-order valence-electron chi connectivity index (χ2n) is 5.61. The fourth-order valence-corrected chi connectivity index (χ4v) is 3.19. The first kappa shape index (κ1) is 17.3. The Morgan fingerprint density at radius 3 is 2.88 bits per heavy atom. The minimum absolute atomic E-state index is 0.00604. The highest BCUT2D eigenvalue weighted by Crippen LogP contribution is 2.21. The molecule has 6 nitrogen and oxygen atoms in total. The molecule has 0 fully saturated rings. The zero-order valence-electron chi connectivity index (χ0n) is 14.0. The SMILES string of the molecule is CC(Sc1nncn1Cc1ccco1)C(=O)NCCc1ccccc1. The topological polar surface area (TPSA) is 73.0 Å². The molecule has 0 spiro atoms. The maximum atomic E-state index is 12.3. The van der Waals surface area contributed by atoms with Crippen LogP contribution in [0.5, 0.6) is 0 Å². The Bertz CT molecular complexity index is 787. The number of thioether (sulfide) groups is 1. The quantitative estimate of drug-likeness (QED) is 0.628. The molecule has 0 saturated heterocycles. The second kappa shape index (κ2) is 8.53. The fraction of sp³-hybridized carbons (Fsp3) is 0.278. The van der Waals surface area contributed by atoms with Crippen molar-refractivity contribution in [1.29, 1.82) is 0 Å². The first-order chi connectivity index (χ1) is 12.2. The molecule has 25 heavy (non-hydrogen) atoms. The third-order valence-electron chi connectivity index (χ3n) is 3.69. The highest BCUT2D eigenvalue weighted by Gasteiger charge is 2.18. The van der Waals surface area contributed by atoms with Crippen LogP contribution in [0.2, 0.25) is 0 Å². The molecule has 1 unspecified atom stereocenters. The summed E-state index contributed by atoms with van der Waals surface area (Å²) in [6.45, 7) is 3.03. The Morgan fingerprint density at radius 2 is 2.12 bits per heavy atom. The molecule has 1 N–H and O–H groups in total. The highest BCUT2D eigenvalue weighted by molar-refractivity contribution is 8.00. The van der Waals surface area contributed by atoms with Crippen LogP contribution in [0.15, 0.2) is 64.6 Å². The number of nitrogens with one attached hydrogen (secondary N) is 1. The van der Waals surface area contributed by atoms with Gasteiger partial charge in [0.15, 0.2) is 5.16 Å². The van der Waals surface area contributed by atoms with Crippen molar-refractivity contribution in [3.8, 4) is 0 Å². The monoisotopic (exact) mass is 356 g/mol. The lowest BCUT2D eigenvalue weighted by Gasteiger charge is -2.12. The summed E-state index contributed by atoms with van der Waals surface area (Å²) in [7, 11) is 0. The number of furan rings is 1. The summed E-state index contributed by atoms with van der Waals surface area (Å²) in [5.41, 5.74) is 1.21. The van der Waals surface area contributed by atoms with Crippen LogP contribution in [0, 0.1) is 0 Å². The van der Waals surface area contributed by atoms with Crippen molar-refractivity contribution in [2.45, 2.75) is 30.3 Å². The van der Waals surface area contributed by atoms with Gasteiger partial charge in [-0.05, 0) is 31.0 Å². The van der Waals surface area contributed by atoms with Crippen LogP contribution in [0.3, 0.4) is 0 Å². The minimum atomic E-state index is -0.254. The Balaban J connectivity index is 1.49. The van der Waals surface area contributed by atoms with Crippen molar-refractivity contribution in [3.05, 3.63) is 66.4 Å². The largest absolute Gasteiger partial charge is 0.467 e. The molecule has 1 atom stereocenters. The van der Waals surface area contributed by atoms with Crippen LogP contribution >= 0.6 is 11.8 Å². The van der Waals surface area contributed by atoms with Gasteiger partial charge in [0.05, 0.1) is 18.1 Å². The van der Waals surface area contributed by atoms with Crippen LogP contribution in [0.25, 0.3) is 0 Å². The van der Waals surface area contributed by atoms with Crippen molar-refractivity contribution < 1.29 is 9.21 Å². The van der Waals surface area contributed by atoms with Gasteiger partial charge >= 0.3 is 0 Å². The molecule has 1 aromatic carbocycles. The van der Waals surface area contributed by atoms with Crippen LogP contribution in [0.1, 0.15) is 18.2 Å². The number of hydrogen-bond acceptors (Lipinski definition) is 5. The summed E-state index contributed by atoms with van der Waals surface area (Å²) < 4.78 is 7.22. The zero-order valence-corrected chi connectivity index (χ0v) is 14.8. The van der Waals surface area contributed by atoms with Gasteiger partial charge in [-0.25, -0.2) is 0 Å². The number of nitrogens with zero attached hydrogens (tertiary/aromatic N) is 3. The third kappa shape index (κ3) is 4.96. The number of carbonyl (C=O) groups is 1. The van der Waals surface area contributed by atoms with Crippen molar-refractivity contribution in [2.24, 2.45) is 0 Å². The van der Waals surface area contributed by atoms with Gasteiger partial charge in [0.1, 0.15) is 12.1 Å². The molecule has 0 aliphatic carbocycles. The average Bonchev–Trinajstić information content (AvgIpc) is 3.29. The van der Waals surface area contributed by atoms with E-state index in [2.05, 4.69) is 27.6 Å². The molecule has 0 bridgehead atoms. The summed E-state index contributed by atoms with van der Waals surface area (Å²) in [6.07, 6.45) is 4.10. The standard InChI is InChI=1S/C18H20N4O2S/c1-14(17(23)19-10-9-15-6-3-2-4-7-15)25-18-21-20-13-22(18)12-16-8-5-11-24-16/h2-8,11,13-14H,9-10,12H2,1H3,(H,19,23). The van der Waals surface area contributed by atoms with Gasteiger partial charge in [-0.3, -0.25) is 4.79 Å². The molecule has 2 aromatic heterocycles. The van der Waals surface area contributed by atoms with E-state index in [0.29, 0.717) is 18.2 Å². The maximum Gasteiger partial charge on any atom is 0.233 e. The van der Waals surface area contributed by atoms with Gasteiger partial charge in [0.2, 0.25) is 5.91 Å². The number of hydrogen-bond donors (Lipinski definition) is 1. The minimum Gasteiger partial charge on any atom is -0.467 e. The van der Waals surface area contributed by atoms with Gasteiger partial charge < -0.3 is 14.3 Å². The Labute approximate surface area is 150 Å². The molecule has 0 aliphatic heterocycles. The fourth-order valence-electron chi connectivity index (χ4n) is 2.34. The van der Waals surface area contributed by atoms with Crippen molar-refractivity contribution >= 4 is 17.7 Å². The van der Waals surface area contributed by atoms with Gasteiger partial charge in [0.25, 0.3) is 0 Å². The molecular formula is C18H20N4O2S. The van der Waals surface area contributed by atoms with E-state index in [1.807, 2.05) is 41.8 Å². The third-order valence-corrected chi connectivity index (χ3v) is 4.79. The van der Waals surface area contributed by atoms with E-state index in [-0.39, 0.29) is 11.2 Å². The smallest absolute Gasteiger partial charge is 0.233 e. The van der Waals surface area contributed by atoms with E-state index < -0.39 is 0 Å². The first-order valence-electron chi connectivity index (χ1n) is 8.11. The summed E-state index contributed by atoms with van der Waals surface area (Å²) >= 11 is 1.39. The predicted octanol–water partition coefficient (Wildman–Crippen LogP) is 2.76. The Morgan fingerprint density at radius 1 is 1.28 bits per heavy atom. The van der Waals surface area contributed by atoms with Gasteiger partial charge in [-0.15, -0.1) is 10.2 Å². The van der Waals surface area contributed by atoms with E-state index >= 15 is 0 Å². The molecule has 130 valence electrons. The molecule has 0 saturated carbocycles. The van der Waals surface area contributed by atoms with Gasteiger partial charge in [-0.1, -0.05) is 42.1 Å². The summed E-state index contributed by atoms with van der Waals surface area (Å²) in [5, 5.41) is 11.5. The number of benzene rings is 1. The summed E-state index contributed by atoms with van der Waals surface area (Å²) in [4.78, 5) is 12.3. The van der Waals surface area contributed by atoms with Crippen molar-refractivity contribution in [1.82, 2.24) is 20.1 Å². The van der Waals surface area contributed by atoms with E-state index in [4.69, 9.17) is 4.42 Å².